The molecule has 17 heavy (non-hydrogen) atoms. The molecule has 4 nitrogen and oxygen atoms in total. The average Bonchev–Trinajstić information content (AvgIpc) is 2.26. The summed E-state index contributed by atoms with van der Waals surface area (Å²) < 4.78 is 26.2. The lowest BCUT2D eigenvalue weighted by Crippen LogP contribution is -2.35. The van der Waals surface area contributed by atoms with Crippen LogP contribution in [0.2, 0.25) is 0 Å². The van der Waals surface area contributed by atoms with Gasteiger partial charge in [0.05, 0.1) is 7.11 Å². The number of benzene rings is 1. The summed E-state index contributed by atoms with van der Waals surface area (Å²) in [5, 5.41) is 10.00. The molecule has 96 valence electrons. The number of hydrogen-bond acceptors (Lipinski definition) is 4. The predicted octanol–water partition coefficient (Wildman–Crippen LogP) is 1.73. The maximum atomic E-state index is 11.5. The molecule has 6 heteroatoms. The maximum Gasteiger partial charge on any atom is 0.172 e. The number of alkyl halides is 1. The minimum absolute atomic E-state index is 0.425. The van der Waals surface area contributed by atoms with Gasteiger partial charge >= 0.3 is 0 Å². The van der Waals surface area contributed by atoms with Crippen LogP contribution in [-0.2, 0) is 9.84 Å². The smallest absolute Gasteiger partial charge is 0.172 e. The lowest BCUT2D eigenvalue weighted by molar-refractivity contribution is 0.163. The molecular weight excluding hydrogens is 264 g/mol. The van der Waals surface area contributed by atoms with Crippen molar-refractivity contribution in [3.63, 3.8) is 0 Å². The van der Waals surface area contributed by atoms with E-state index in [2.05, 4.69) is 0 Å². The van der Waals surface area contributed by atoms with Crippen LogP contribution in [0, 0.1) is 0 Å². The van der Waals surface area contributed by atoms with Gasteiger partial charge < -0.3 is 9.84 Å². The SMILES string of the molecule is COc1ccc([C@@H](O)[C@](C)(Cl)S(C)(=O)=O)cc1. The van der Waals surface area contributed by atoms with Gasteiger partial charge in [-0.05, 0) is 24.6 Å². The van der Waals surface area contributed by atoms with Gasteiger partial charge in [0.15, 0.2) is 14.0 Å². The number of aliphatic hydroxyl groups is 1. The summed E-state index contributed by atoms with van der Waals surface area (Å²) in [6.45, 7) is 1.28. The molecule has 0 amide bonds. The molecule has 1 aromatic rings. The number of halogens is 1. The Labute approximate surface area is 106 Å². The Morgan fingerprint density at radius 3 is 2.18 bits per heavy atom. The van der Waals surface area contributed by atoms with Crippen molar-refractivity contribution in [2.24, 2.45) is 0 Å². The molecule has 0 spiro atoms. The lowest BCUT2D eigenvalue weighted by Gasteiger charge is -2.26. The van der Waals surface area contributed by atoms with Crippen LogP contribution in [-0.4, -0.2) is 31.1 Å². The first-order valence-electron chi connectivity index (χ1n) is 4.90. The fraction of sp³-hybridized carbons (Fsp3) is 0.455. The second-order valence-corrected chi connectivity index (χ2v) is 7.34. The third-order valence-electron chi connectivity index (χ3n) is 2.64. The van der Waals surface area contributed by atoms with E-state index in [9.17, 15) is 13.5 Å². The summed E-state index contributed by atoms with van der Waals surface area (Å²) in [6.07, 6.45) is -0.308. The van der Waals surface area contributed by atoms with Crippen LogP contribution in [0.4, 0.5) is 0 Å². The highest BCUT2D eigenvalue weighted by Crippen LogP contribution is 2.36. The van der Waals surface area contributed by atoms with E-state index in [1.165, 1.54) is 14.0 Å². The van der Waals surface area contributed by atoms with Crippen LogP contribution in [0.15, 0.2) is 24.3 Å². The number of hydrogen-bond donors (Lipinski definition) is 1. The van der Waals surface area contributed by atoms with E-state index in [0.717, 1.165) is 6.26 Å². The van der Waals surface area contributed by atoms with Crippen LogP contribution in [0.25, 0.3) is 0 Å². The van der Waals surface area contributed by atoms with Gasteiger partial charge in [0.25, 0.3) is 0 Å². The van der Waals surface area contributed by atoms with Gasteiger partial charge in [-0.25, -0.2) is 8.42 Å². The number of methoxy groups -OCH3 is 1. The second kappa shape index (κ2) is 4.84. The molecule has 0 fully saturated rings. The molecule has 0 unspecified atom stereocenters. The van der Waals surface area contributed by atoms with Crippen molar-refractivity contribution in [1.82, 2.24) is 0 Å². The third kappa shape index (κ3) is 2.91. The van der Waals surface area contributed by atoms with Crippen molar-refractivity contribution in [2.45, 2.75) is 17.2 Å². The van der Waals surface area contributed by atoms with E-state index in [1.807, 2.05) is 0 Å². The first kappa shape index (κ1) is 14.3. The Kier molecular flexibility index (Phi) is 4.06. The average molecular weight is 279 g/mol. The first-order valence-corrected chi connectivity index (χ1v) is 7.17. The first-order chi connectivity index (χ1) is 7.70. The van der Waals surface area contributed by atoms with E-state index in [0.29, 0.717) is 11.3 Å². The molecule has 0 saturated carbocycles. The highest BCUT2D eigenvalue weighted by molar-refractivity contribution is 7.93. The molecule has 0 heterocycles. The molecule has 0 aliphatic carbocycles. The summed E-state index contributed by atoms with van der Waals surface area (Å²) in [6, 6.07) is 6.42. The molecule has 0 aromatic heterocycles. The van der Waals surface area contributed by atoms with Crippen molar-refractivity contribution >= 4 is 21.4 Å². The summed E-state index contributed by atoms with van der Waals surface area (Å²) in [5.41, 5.74) is 0.425. The molecule has 1 N–H and O–H groups in total. The van der Waals surface area contributed by atoms with E-state index < -0.39 is 20.1 Å². The van der Waals surface area contributed by atoms with Gasteiger partial charge in [-0.1, -0.05) is 23.7 Å². The Balaban J connectivity index is 3.08. The van der Waals surface area contributed by atoms with E-state index in [4.69, 9.17) is 16.3 Å². The highest BCUT2D eigenvalue weighted by atomic mass is 35.5. The van der Waals surface area contributed by atoms with Gasteiger partial charge in [-0.15, -0.1) is 0 Å². The van der Waals surface area contributed by atoms with Crippen LogP contribution in [0.5, 0.6) is 5.75 Å². The summed E-state index contributed by atoms with van der Waals surface area (Å²) in [5.74, 6) is 0.622. The lowest BCUT2D eigenvalue weighted by atomic mass is 10.1. The summed E-state index contributed by atoms with van der Waals surface area (Å²) >= 11 is 5.90. The Morgan fingerprint density at radius 1 is 1.35 bits per heavy atom. The van der Waals surface area contributed by atoms with Crippen molar-refractivity contribution in [3.05, 3.63) is 29.8 Å². The number of sulfone groups is 1. The van der Waals surface area contributed by atoms with Crippen LogP contribution >= 0.6 is 11.6 Å². The van der Waals surface area contributed by atoms with Crippen molar-refractivity contribution < 1.29 is 18.3 Å². The molecule has 0 bridgehead atoms. The highest BCUT2D eigenvalue weighted by Gasteiger charge is 2.41. The minimum Gasteiger partial charge on any atom is -0.497 e. The minimum atomic E-state index is -3.58. The number of aliphatic hydroxyl groups excluding tert-OH is 1. The molecule has 2 atom stereocenters. The third-order valence-corrected chi connectivity index (χ3v) is 5.37. The molecule has 0 radical (unpaired) electrons. The Hall–Kier alpha value is -0.780. The largest absolute Gasteiger partial charge is 0.497 e. The molecule has 0 aliphatic heterocycles. The number of rotatable bonds is 4. The topological polar surface area (TPSA) is 63.6 Å². The van der Waals surface area contributed by atoms with Gasteiger partial charge in [0.2, 0.25) is 0 Å². The van der Waals surface area contributed by atoms with E-state index >= 15 is 0 Å². The fourth-order valence-corrected chi connectivity index (χ4v) is 1.95. The molecule has 1 rings (SSSR count). The Bertz CT molecular complexity index is 479. The molecule has 0 saturated heterocycles. The molecule has 1 aromatic carbocycles. The number of ether oxygens (including phenoxy) is 1. The Morgan fingerprint density at radius 2 is 1.82 bits per heavy atom. The zero-order valence-electron chi connectivity index (χ0n) is 9.84. The summed E-state index contributed by atoms with van der Waals surface area (Å²) in [7, 11) is -2.06. The zero-order chi connectivity index (χ0) is 13.3. The maximum absolute atomic E-state index is 11.5. The fourth-order valence-electron chi connectivity index (χ4n) is 1.29. The quantitative estimate of drug-likeness (QED) is 0.852. The van der Waals surface area contributed by atoms with Crippen LogP contribution in [0.1, 0.15) is 18.6 Å². The van der Waals surface area contributed by atoms with Crippen LogP contribution in [0.3, 0.4) is 0 Å². The standard InChI is InChI=1S/C11H15ClO4S/c1-11(12,17(3,14)15)10(13)8-4-6-9(16-2)7-5-8/h4-7,10,13H,1-3H3/t10-,11-/m1/s1. The van der Waals surface area contributed by atoms with E-state index in [1.54, 1.807) is 24.3 Å². The van der Waals surface area contributed by atoms with Crippen molar-refractivity contribution in [2.75, 3.05) is 13.4 Å². The summed E-state index contributed by atoms with van der Waals surface area (Å²) in [4.78, 5) is 0. The molecular formula is C11H15ClO4S. The normalized spacial score (nSPS) is 17.2. The van der Waals surface area contributed by atoms with Gasteiger partial charge in [0, 0.05) is 6.26 Å². The van der Waals surface area contributed by atoms with Crippen molar-refractivity contribution in [1.29, 1.82) is 0 Å². The van der Waals surface area contributed by atoms with Gasteiger partial charge in [-0.2, -0.15) is 0 Å². The zero-order valence-corrected chi connectivity index (χ0v) is 11.4. The monoisotopic (exact) mass is 278 g/mol. The van der Waals surface area contributed by atoms with Crippen LogP contribution < -0.4 is 4.74 Å². The molecule has 0 aliphatic rings. The predicted molar refractivity (Wildman–Crippen MR) is 67.1 cm³/mol. The van der Waals surface area contributed by atoms with Gasteiger partial charge in [-0.3, -0.25) is 0 Å². The second-order valence-electron chi connectivity index (χ2n) is 3.93. The van der Waals surface area contributed by atoms with E-state index in [-0.39, 0.29) is 0 Å². The van der Waals surface area contributed by atoms with Crippen molar-refractivity contribution in [3.8, 4) is 5.75 Å². The van der Waals surface area contributed by atoms with Gasteiger partial charge in [0.1, 0.15) is 11.9 Å².